The number of rotatable bonds is 6. The normalized spacial score (nSPS) is 20.5. The van der Waals surface area contributed by atoms with Crippen LogP contribution in [0.1, 0.15) is 44.1 Å². The van der Waals surface area contributed by atoms with Gasteiger partial charge in [0.25, 0.3) is 0 Å². The van der Waals surface area contributed by atoms with Crippen LogP contribution in [-0.2, 0) is 9.53 Å². The van der Waals surface area contributed by atoms with Gasteiger partial charge in [-0.1, -0.05) is 6.07 Å². The Morgan fingerprint density at radius 3 is 2.48 bits per heavy atom. The molecule has 0 radical (unpaired) electrons. The van der Waals surface area contributed by atoms with Crippen LogP contribution >= 0.6 is 0 Å². The van der Waals surface area contributed by atoms with E-state index >= 15 is 0 Å². The second kappa shape index (κ2) is 9.42. The van der Waals surface area contributed by atoms with Gasteiger partial charge in [-0.3, -0.25) is 9.69 Å². The highest BCUT2D eigenvalue weighted by Crippen LogP contribution is 2.34. The first-order valence-corrected chi connectivity index (χ1v) is 10.1. The van der Waals surface area contributed by atoms with E-state index in [4.69, 9.17) is 15.2 Å². The molecular weight excluding hydrogens is 342 g/mol. The molecule has 0 aromatic heterocycles. The standard InChI is InChI=1S/C21H33N3O3/c1-16(25)27-14-13-23-9-7-19(8-10-23)24-11-5-17(6-12-24)18-3-4-20(22)21(15-18)26-2/h3-4,15,17,19H,5-14,22H2,1-2H3. The maximum atomic E-state index is 10.9. The van der Waals surface area contributed by atoms with Crippen LogP contribution in [0.3, 0.4) is 0 Å². The van der Waals surface area contributed by atoms with Gasteiger partial charge < -0.3 is 20.1 Å². The Morgan fingerprint density at radius 1 is 1.15 bits per heavy atom. The van der Waals surface area contributed by atoms with Crippen LogP contribution < -0.4 is 10.5 Å². The maximum absolute atomic E-state index is 10.9. The number of nitrogens with zero attached hydrogens (tertiary/aromatic N) is 2. The van der Waals surface area contributed by atoms with Crippen LogP contribution in [0.5, 0.6) is 5.75 Å². The van der Waals surface area contributed by atoms with Gasteiger partial charge in [0, 0.05) is 19.5 Å². The fraction of sp³-hybridized carbons (Fsp3) is 0.667. The quantitative estimate of drug-likeness (QED) is 0.609. The number of nitrogens with two attached hydrogens (primary N) is 1. The van der Waals surface area contributed by atoms with Crippen molar-refractivity contribution in [2.45, 2.75) is 44.6 Å². The minimum Gasteiger partial charge on any atom is -0.495 e. The van der Waals surface area contributed by atoms with E-state index in [1.165, 1.54) is 38.2 Å². The molecule has 2 aliphatic rings. The lowest BCUT2D eigenvalue weighted by molar-refractivity contribution is -0.141. The lowest BCUT2D eigenvalue weighted by Crippen LogP contribution is -2.48. The van der Waals surface area contributed by atoms with Gasteiger partial charge in [0.1, 0.15) is 12.4 Å². The van der Waals surface area contributed by atoms with Crippen molar-refractivity contribution in [3.8, 4) is 5.75 Å². The second-order valence-electron chi connectivity index (χ2n) is 7.72. The zero-order valence-electron chi connectivity index (χ0n) is 16.7. The molecule has 0 bridgehead atoms. The van der Waals surface area contributed by atoms with Crippen molar-refractivity contribution in [2.75, 3.05) is 52.2 Å². The van der Waals surface area contributed by atoms with Crippen molar-refractivity contribution in [3.63, 3.8) is 0 Å². The van der Waals surface area contributed by atoms with E-state index < -0.39 is 0 Å². The number of ether oxygens (including phenoxy) is 2. The molecule has 1 aromatic rings. The van der Waals surface area contributed by atoms with Crippen molar-refractivity contribution in [1.82, 2.24) is 9.80 Å². The number of methoxy groups -OCH3 is 1. The first-order valence-electron chi connectivity index (χ1n) is 10.1. The number of nitrogen functional groups attached to an aromatic ring is 1. The molecule has 0 spiro atoms. The summed E-state index contributed by atoms with van der Waals surface area (Å²) in [6.45, 7) is 7.35. The van der Waals surface area contributed by atoms with Crippen molar-refractivity contribution >= 4 is 11.7 Å². The Labute approximate surface area is 162 Å². The number of carbonyl (C=O) groups is 1. The Bertz CT molecular complexity index is 621. The molecule has 27 heavy (non-hydrogen) atoms. The largest absolute Gasteiger partial charge is 0.495 e. The number of piperidine rings is 2. The van der Waals surface area contributed by atoms with E-state index in [-0.39, 0.29) is 5.97 Å². The Kier molecular flexibility index (Phi) is 6.96. The summed E-state index contributed by atoms with van der Waals surface area (Å²) in [6, 6.07) is 6.92. The average molecular weight is 376 g/mol. The van der Waals surface area contributed by atoms with Gasteiger partial charge in [-0.15, -0.1) is 0 Å². The topological polar surface area (TPSA) is 68.0 Å². The lowest BCUT2D eigenvalue weighted by atomic mass is 9.87. The third-order valence-electron chi connectivity index (χ3n) is 6.04. The Balaban J connectivity index is 1.43. The summed E-state index contributed by atoms with van der Waals surface area (Å²) in [7, 11) is 1.68. The van der Waals surface area contributed by atoms with Gasteiger partial charge >= 0.3 is 5.97 Å². The number of likely N-dealkylation sites (tertiary alicyclic amines) is 2. The Morgan fingerprint density at radius 2 is 1.85 bits per heavy atom. The van der Waals surface area contributed by atoms with Crippen molar-refractivity contribution < 1.29 is 14.3 Å². The molecule has 2 N–H and O–H groups in total. The smallest absolute Gasteiger partial charge is 0.302 e. The first-order chi connectivity index (χ1) is 13.1. The van der Waals surface area contributed by atoms with Crippen molar-refractivity contribution in [2.24, 2.45) is 0 Å². The first kappa shape index (κ1) is 20.0. The summed E-state index contributed by atoms with van der Waals surface area (Å²) in [5.41, 5.74) is 8.00. The molecule has 0 saturated carbocycles. The lowest BCUT2D eigenvalue weighted by Gasteiger charge is -2.42. The molecule has 0 amide bonds. The summed E-state index contributed by atoms with van der Waals surface area (Å²) >= 11 is 0. The molecule has 2 saturated heterocycles. The molecule has 0 unspecified atom stereocenters. The predicted octanol–water partition coefficient (Wildman–Crippen LogP) is 2.48. The fourth-order valence-corrected chi connectivity index (χ4v) is 4.41. The third-order valence-corrected chi connectivity index (χ3v) is 6.04. The molecule has 3 rings (SSSR count). The number of carbonyl (C=O) groups excluding carboxylic acids is 1. The molecule has 6 nitrogen and oxygen atoms in total. The Hall–Kier alpha value is -1.79. The minimum absolute atomic E-state index is 0.188. The number of benzene rings is 1. The number of hydrogen-bond donors (Lipinski definition) is 1. The van der Waals surface area contributed by atoms with Gasteiger partial charge in [-0.25, -0.2) is 0 Å². The van der Waals surface area contributed by atoms with Crippen LogP contribution in [0.4, 0.5) is 5.69 Å². The number of hydrogen-bond acceptors (Lipinski definition) is 6. The van der Waals surface area contributed by atoms with E-state index in [9.17, 15) is 4.79 Å². The van der Waals surface area contributed by atoms with Crippen LogP contribution in [0.25, 0.3) is 0 Å². The zero-order chi connectivity index (χ0) is 19.2. The third kappa shape index (κ3) is 5.36. The molecule has 0 atom stereocenters. The molecular formula is C21H33N3O3. The number of esters is 1. The monoisotopic (exact) mass is 375 g/mol. The summed E-state index contributed by atoms with van der Waals surface area (Å²) in [5.74, 6) is 1.20. The summed E-state index contributed by atoms with van der Waals surface area (Å²) in [4.78, 5) is 15.9. The van der Waals surface area contributed by atoms with Gasteiger partial charge in [0.2, 0.25) is 0 Å². The van der Waals surface area contributed by atoms with E-state index in [1.54, 1.807) is 7.11 Å². The van der Waals surface area contributed by atoms with Gasteiger partial charge in [0.15, 0.2) is 0 Å². The molecule has 2 heterocycles. The van der Waals surface area contributed by atoms with Crippen LogP contribution in [0, 0.1) is 0 Å². The van der Waals surface area contributed by atoms with E-state index in [0.717, 1.165) is 38.5 Å². The van der Waals surface area contributed by atoms with E-state index in [2.05, 4.69) is 21.9 Å². The van der Waals surface area contributed by atoms with Crippen molar-refractivity contribution in [1.29, 1.82) is 0 Å². The number of anilines is 1. The van der Waals surface area contributed by atoms with E-state index in [0.29, 0.717) is 24.3 Å². The van der Waals surface area contributed by atoms with Gasteiger partial charge in [-0.2, -0.15) is 0 Å². The summed E-state index contributed by atoms with van der Waals surface area (Å²) in [6.07, 6.45) is 4.81. The molecule has 150 valence electrons. The molecule has 0 aliphatic carbocycles. The highest BCUT2D eigenvalue weighted by molar-refractivity contribution is 5.65. The molecule has 2 aliphatic heterocycles. The molecule has 6 heteroatoms. The molecule has 2 fully saturated rings. The fourth-order valence-electron chi connectivity index (χ4n) is 4.41. The second-order valence-corrected chi connectivity index (χ2v) is 7.72. The van der Waals surface area contributed by atoms with Gasteiger partial charge in [0.05, 0.1) is 12.8 Å². The zero-order valence-corrected chi connectivity index (χ0v) is 16.7. The highest BCUT2D eigenvalue weighted by atomic mass is 16.5. The summed E-state index contributed by atoms with van der Waals surface area (Å²) < 4.78 is 10.4. The maximum Gasteiger partial charge on any atom is 0.302 e. The van der Waals surface area contributed by atoms with Crippen LogP contribution in [-0.4, -0.2) is 68.3 Å². The minimum atomic E-state index is -0.188. The average Bonchev–Trinajstić information content (AvgIpc) is 2.69. The SMILES string of the molecule is COc1cc(C2CCN(C3CCN(CCOC(C)=O)CC3)CC2)ccc1N. The molecule has 1 aromatic carbocycles. The van der Waals surface area contributed by atoms with Crippen molar-refractivity contribution in [3.05, 3.63) is 23.8 Å². The highest BCUT2D eigenvalue weighted by Gasteiger charge is 2.28. The van der Waals surface area contributed by atoms with Crippen LogP contribution in [0.2, 0.25) is 0 Å². The predicted molar refractivity (Wildman–Crippen MR) is 107 cm³/mol. The van der Waals surface area contributed by atoms with E-state index in [1.807, 2.05) is 6.07 Å². The van der Waals surface area contributed by atoms with Crippen LogP contribution in [0.15, 0.2) is 18.2 Å². The van der Waals surface area contributed by atoms with Gasteiger partial charge in [-0.05, 0) is 75.5 Å². The summed E-state index contributed by atoms with van der Waals surface area (Å²) in [5, 5.41) is 0.